The number of rotatable bonds is 9. The normalized spacial score (nSPS) is 11.4. The van der Waals surface area contributed by atoms with Crippen molar-refractivity contribution in [2.75, 3.05) is 18.5 Å². The third-order valence-electron chi connectivity index (χ3n) is 4.13. The first-order chi connectivity index (χ1) is 14.4. The third kappa shape index (κ3) is 5.46. The minimum Gasteiger partial charge on any atom is -0.494 e. The first-order valence-corrected chi connectivity index (χ1v) is 10.6. The van der Waals surface area contributed by atoms with E-state index >= 15 is 0 Å². The molecule has 1 N–H and O–H groups in total. The maximum absolute atomic E-state index is 13.2. The van der Waals surface area contributed by atoms with Gasteiger partial charge in [0.25, 0.3) is 0 Å². The summed E-state index contributed by atoms with van der Waals surface area (Å²) in [5.74, 6) is -0.0737. The molecule has 2 aromatic carbocycles. The molecule has 0 bridgehead atoms. The SMILES string of the molecule is CCOc1ccc(S(=O)(=O)N(CC(=O)Nc2ccc(F)cc2)Cc2ccco2)cc1. The molecular formula is C21H21FN2O5S. The Bertz CT molecular complexity index is 1070. The maximum Gasteiger partial charge on any atom is 0.243 e. The number of furan rings is 1. The highest BCUT2D eigenvalue weighted by Gasteiger charge is 2.28. The van der Waals surface area contributed by atoms with Crippen LogP contribution in [0.1, 0.15) is 12.7 Å². The highest BCUT2D eigenvalue weighted by Crippen LogP contribution is 2.22. The molecule has 0 aliphatic carbocycles. The van der Waals surface area contributed by atoms with Crippen molar-refractivity contribution in [2.24, 2.45) is 0 Å². The van der Waals surface area contributed by atoms with Crippen molar-refractivity contribution < 1.29 is 26.8 Å². The summed E-state index contributed by atoms with van der Waals surface area (Å²) in [6.45, 7) is 1.71. The summed E-state index contributed by atoms with van der Waals surface area (Å²) in [6, 6.07) is 14.4. The van der Waals surface area contributed by atoms with Gasteiger partial charge in [-0.15, -0.1) is 0 Å². The van der Waals surface area contributed by atoms with Gasteiger partial charge in [0.15, 0.2) is 0 Å². The Labute approximate surface area is 174 Å². The fourth-order valence-electron chi connectivity index (χ4n) is 2.72. The molecule has 0 atom stereocenters. The molecule has 0 unspecified atom stereocenters. The van der Waals surface area contributed by atoms with Gasteiger partial charge >= 0.3 is 0 Å². The highest BCUT2D eigenvalue weighted by atomic mass is 32.2. The number of ether oxygens (including phenoxy) is 1. The van der Waals surface area contributed by atoms with Crippen LogP contribution in [-0.2, 0) is 21.4 Å². The van der Waals surface area contributed by atoms with Gasteiger partial charge in [0, 0.05) is 5.69 Å². The minimum absolute atomic E-state index is 0.0205. The van der Waals surface area contributed by atoms with Crippen LogP contribution in [0.4, 0.5) is 10.1 Å². The van der Waals surface area contributed by atoms with E-state index < -0.39 is 28.3 Å². The zero-order chi connectivity index (χ0) is 21.6. The summed E-state index contributed by atoms with van der Waals surface area (Å²) in [5.41, 5.74) is 0.359. The molecule has 0 aliphatic heterocycles. The zero-order valence-electron chi connectivity index (χ0n) is 16.2. The summed E-state index contributed by atoms with van der Waals surface area (Å²) >= 11 is 0. The first-order valence-electron chi connectivity index (χ1n) is 9.19. The van der Waals surface area contributed by atoms with Crippen molar-refractivity contribution in [1.29, 1.82) is 0 Å². The van der Waals surface area contributed by atoms with E-state index in [9.17, 15) is 17.6 Å². The lowest BCUT2D eigenvalue weighted by molar-refractivity contribution is -0.116. The lowest BCUT2D eigenvalue weighted by Gasteiger charge is -2.21. The Hall–Kier alpha value is -3.17. The summed E-state index contributed by atoms with van der Waals surface area (Å²) in [5, 5.41) is 2.57. The molecular weight excluding hydrogens is 411 g/mol. The molecule has 0 radical (unpaired) electrons. The predicted octanol–water partition coefficient (Wildman–Crippen LogP) is 3.65. The van der Waals surface area contributed by atoms with Gasteiger partial charge in [0.2, 0.25) is 15.9 Å². The molecule has 0 fully saturated rings. The van der Waals surface area contributed by atoms with Crippen LogP contribution in [0.15, 0.2) is 76.2 Å². The van der Waals surface area contributed by atoms with E-state index in [-0.39, 0.29) is 11.4 Å². The van der Waals surface area contributed by atoms with Crippen LogP contribution in [0.5, 0.6) is 5.75 Å². The average molecular weight is 432 g/mol. The Balaban J connectivity index is 1.81. The lowest BCUT2D eigenvalue weighted by Crippen LogP contribution is -2.37. The Morgan fingerprint density at radius 1 is 1.10 bits per heavy atom. The number of halogens is 1. The van der Waals surface area contributed by atoms with Gasteiger partial charge in [0.05, 0.1) is 30.9 Å². The van der Waals surface area contributed by atoms with Gasteiger partial charge in [-0.3, -0.25) is 4.79 Å². The average Bonchev–Trinajstić information content (AvgIpc) is 3.23. The second kappa shape index (κ2) is 9.55. The van der Waals surface area contributed by atoms with Crippen LogP contribution in [0.25, 0.3) is 0 Å². The lowest BCUT2D eigenvalue weighted by atomic mass is 10.3. The van der Waals surface area contributed by atoms with Crippen molar-refractivity contribution in [3.63, 3.8) is 0 Å². The second-order valence-corrected chi connectivity index (χ2v) is 8.25. The molecule has 3 rings (SSSR count). The standard InChI is InChI=1S/C21H21FN2O5S/c1-2-28-18-9-11-20(12-10-18)30(26,27)24(14-19-4-3-13-29-19)15-21(25)23-17-7-5-16(22)6-8-17/h3-13H,2,14-15H2,1H3,(H,23,25). The number of anilines is 1. The largest absolute Gasteiger partial charge is 0.494 e. The number of amides is 1. The van der Waals surface area contributed by atoms with E-state index in [1.54, 1.807) is 24.3 Å². The van der Waals surface area contributed by atoms with E-state index in [0.717, 1.165) is 4.31 Å². The molecule has 1 heterocycles. The molecule has 9 heteroatoms. The summed E-state index contributed by atoms with van der Waals surface area (Å²) < 4.78 is 51.0. The number of hydrogen-bond acceptors (Lipinski definition) is 5. The number of carbonyl (C=O) groups excluding carboxylic acids is 1. The number of nitrogens with zero attached hydrogens (tertiary/aromatic N) is 1. The molecule has 3 aromatic rings. The van der Waals surface area contributed by atoms with Gasteiger partial charge in [-0.1, -0.05) is 0 Å². The molecule has 1 amide bonds. The van der Waals surface area contributed by atoms with E-state index in [4.69, 9.17) is 9.15 Å². The quantitative estimate of drug-likeness (QED) is 0.558. The number of nitrogens with one attached hydrogen (secondary N) is 1. The van der Waals surface area contributed by atoms with Crippen LogP contribution < -0.4 is 10.1 Å². The Morgan fingerprint density at radius 2 is 1.80 bits per heavy atom. The number of benzene rings is 2. The van der Waals surface area contributed by atoms with Gasteiger partial charge in [0.1, 0.15) is 17.3 Å². The number of carbonyl (C=O) groups is 1. The molecule has 0 saturated carbocycles. The van der Waals surface area contributed by atoms with E-state index in [2.05, 4.69) is 5.32 Å². The zero-order valence-corrected chi connectivity index (χ0v) is 17.1. The topological polar surface area (TPSA) is 88.9 Å². The van der Waals surface area contributed by atoms with E-state index in [1.165, 1.54) is 42.7 Å². The van der Waals surface area contributed by atoms with Crippen molar-refractivity contribution in [3.05, 3.63) is 78.5 Å². The van der Waals surface area contributed by atoms with Gasteiger partial charge in [-0.05, 0) is 67.6 Å². The molecule has 158 valence electrons. The van der Waals surface area contributed by atoms with E-state index in [1.807, 2.05) is 6.92 Å². The highest BCUT2D eigenvalue weighted by molar-refractivity contribution is 7.89. The summed E-state index contributed by atoms with van der Waals surface area (Å²) in [7, 11) is -4.01. The Morgan fingerprint density at radius 3 is 2.40 bits per heavy atom. The minimum atomic E-state index is -4.01. The van der Waals surface area contributed by atoms with Crippen LogP contribution in [0, 0.1) is 5.82 Å². The first kappa shape index (κ1) is 21.5. The van der Waals surface area contributed by atoms with Gasteiger partial charge in [-0.2, -0.15) is 4.31 Å². The maximum atomic E-state index is 13.2. The molecule has 30 heavy (non-hydrogen) atoms. The smallest absolute Gasteiger partial charge is 0.243 e. The number of hydrogen-bond donors (Lipinski definition) is 1. The fraction of sp³-hybridized carbons (Fsp3) is 0.190. The monoisotopic (exact) mass is 432 g/mol. The third-order valence-corrected chi connectivity index (χ3v) is 5.94. The summed E-state index contributed by atoms with van der Waals surface area (Å²) in [4.78, 5) is 12.5. The van der Waals surface area contributed by atoms with Crippen LogP contribution in [-0.4, -0.2) is 31.8 Å². The molecule has 1 aromatic heterocycles. The van der Waals surface area contributed by atoms with Crippen molar-refractivity contribution in [3.8, 4) is 5.75 Å². The number of sulfonamides is 1. The predicted molar refractivity (Wildman–Crippen MR) is 109 cm³/mol. The van der Waals surface area contributed by atoms with E-state index in [0.29, 0.717) is 23.8 Å². The second-order valence-electron chi connectivity index (χ2n) is 6.31. The van der Waals surface area contributed by atoms with Crippen molar-refractivity contribution in [2.45, 2.75) is 18.4 Å². The van der Waals surface area contributed by atoms with Crippen LogP contribution >= 0.6 is 0 Å². The van der Waals surface area contributed by atoms with Gasteiger partial charge in [-0.25, -0.2) is 12.8 Å². The molecule has 0 saturated heterocycles. The molecule has 0 aliphatic rings. The van der Waals surface area contributed by atoms with Crippen LogP contribution in [0.2, 0.25) is 0 Å². The molecule has 7 nitrogen and oxygen atoms in total. The molecule has 0 spiro atoms. The van der Waals surface area contributed by atoms with Crippen molar-refractivity contribution in [1.82, 2.24) is 4.31 Å². The summed E-state index contributed by atoms with van der Waals surface area (Å²) in [6.07, 6.45) is 1.43. The van der Waals surface area contributed by atoms with Crippen molar-refractivity contribution >= 4 is 21.6 Å². The van der Waals surface area contributed by atoms with Gasteiger partial charge < -0.3 is 14.5 Å². The Kier molecular flexibility index (Phi) is 6.86. The van der Waals surface area contributed by atoms with Crippen LogP contribution in [0.3, 0.4) is 0 Å². The fourth-order valence-corrected chi connectivity index (χ4v) is 4.08.